The van der Waals surface area contributed by atoms with E-state index in [0.29, 0.717) is 23.1 Å². The van der Waals surface area contributed by atoms with Crippen LogP contribution in [0.25, 0.3) is 5.82 Å². The van der Waals surface area contributed by atoms with Gasteiger partial charge in [-0.05, 0) is 62.7 Å². The summed E-state index contributed by atoms with van der Waals surface area (Å²) >= 11 is 0. The molecule has 3 heterocycles. The van der Waals surface area contributed by atoms with Crippen molar-refractivity contribution in [1.29, 1.82) is 0 Å². The number of nitrogens with zero attached hydrogens (tertiary/aromatic N) is 5. The fourth-order valence-corrected chi connectivity index (χ4v) is 3.07. The number of alkyl halides is 3. The van der Waals surface area contributed by atoms with Gasteiger partial charge in [-0.15, -0.1) is 0 Å². The number of nitrogens with one attached hydrogen (secondary N) is 1. The highest BCUT2D eigenvalue weighted by molar-refractivity contribution is 6.04. The summed E-state index contributed by atoms with van der Waals surface area (Å²) < 4.78 is 45.4. The molecule has 0 aliphatic rings. The van der Waals surface area contributed by atoms with Crippen molar-refractivity contribution in [1.82, 2.24) is 24.7 Å². The van der Waals surface area contributed by atoms with Gasteiger partial charge in [-0.25, -0.2) is 14.6 Å². The Morgan fingerprint density at radius 3 is 2.32 bits per heavy atom. The maximum atomic E-state index is 12.6. The Bertz CT molecular complexity index is 1330. The van der Waals surface area contributed by atoms with Crippen LogP contribution >= 0.6 is 0 Å². The third-order valence-corrected chi connectivity index (χ3v) is 5.15. The van der Waals surface area contributed by atoms with Gasteiger partial charge in [0.2, 0.25) is 5.88 Å². The van der Waals surface area contributed by atoms with E-state index in [-0.39, 0.29) is 5.56 Å². The highest BCUT2D eigenvalue weighted by Crippen LogP contribution is 2.27. The standard InChI is InChI=1S/C23H19F3N6O2/c1-13-14(2)31-32(15(13)3)20-10-21(29-12-28-20)34-18-7-5-17(6-8-18)30-22(33)16-4-9-19(27-11-16)23(24,25)26/h4-12H,1-3H3,(H,30,33). The average molecular weight is 468 g/mol. The van der Waals surface area contributed by atoms with Crippen LogP contribution < -0.4 is 10.1 Å². The summed E-state index contributed by atoms with van der Waals surface area (Å²) in [6, 6.07) is 9.92. The Balaban J connectivity index is 1.43. The first-order valence-corrected chi connectivity index (χ1v) is 10.1. The van der Waals surface area contributed by atoms with Crippen LogP contribution in [0.5, 0.6) is 11.6 Å². The van der Waals surface area contributed by atoms with Gasteiger partial charge in [-0.3, -0.25) is 9.78 Å². The lowest BCUT2D eigenvalue weighted by Crippen LogP contribution is -2.14. The van der Waals surface area contributed by atoms with Gasteiger partial charge in [0.15, 0.2) is 5.82 Å². The molecule has 8 nitrogen and oxygen atoms in total. The average Bonchev–Trinajstić information content (AvgIpc) is 3.07. The zero-order valence-electron chi connectivity index (χ0n) is 18.4. The number of carbonyl (C=O) groups excluding carboxylic acids is 1. The van der Waals surface area contributed by atoms with Crippen molar-refractivity contribution < 1.29 is 22.7 Å². The van der Waals surface area contributed by atoms with E-state index in [1.165, 1.54) is 6.33 Å². The van der Waals surface area contributed by atoms with Crippen molar-refractivity contribution in [2.75, 3.05) is 5.32 Å². The van der Waals surface area contributed by atoms with Crippen LogP contribution in [0.2, 0.25) is 0 Å². The van der Waals surface area contributed by atoms with E-state index in [0.717, 1.165) is 35.3 Å². The first-order valence-electron chi connectivity index (χ1n) is 10.1. The Hall–Kier alpha value is -4.28. The third kappa shape index (κ3) is 4.87. The van der Waals surface area contributed by atoms with Gasteiger partial charge in [0, 0.05) is 23.6 Å². The van der Waals surface area contributed by atoms with Crippen molar-refractivity contribution in [3.05, 3.63) is 83.2 Å². The molecule has 1 N–H and O–H groups in total. The van der Waals surface area contributed by atoms with E-state index in [1.807, 2.05) is 20.8 Å². The third-order valence-electron chi connectivity index (χ3n) is 5.15. The molecule has 11 heteroatoms. The molecule has 0 saturated heterocycles. The van der Waals surface area contributed by atoms with Crippen LogP contribution in [-0.4, -0.2) is 30.6 Å². The fourth-order valence-electron chi connectivity index (χ4n) is 3.07. The molecule has 3 aromatic heterocycles. The molecule has 0 spiro atoms. The normalized spacial score (nSPS) is 11.4. The first-order chi connectivity index (χ1) is 16.1. The largest absolute Gasteiger partial charge is 0.439 e. The molecule has 0 radical (unpaired) electrons. The van der Waals surface area contributed by atoms with Crippen molar-refractivity contribution in [2.24, 2.45) is 0 Å². The maximum Gasteiger partial charge on any atom is 0.433 e. The molecule has 0 atom stereocenters. The van der Waals surface area contributed by atoms with E-state index in [9.17, 15) is 18.0 Å². The molecule has 1 amide bonds. The molecule has 0 saturated carbocycles. The summed E-state index contributed by atoms with van der Waals surface area (Å²) in [4.78, 5) is 24.0. The van der Waals surface area contributed by atoms with Gasteiger partial charge in [-0.1, -0.05) is 0 Å². The summed E-state index contributed by atoms with van der Waals surface area (Å²) in [6.07, 6.45) is -2.31. The van der Waals surface area contributed by atoms with Gasteiger partial charge in [-0.2, -0.15) is 18.3 Å². The summed E-state index contributed by atoms with van der Waals surface area (Å²) in [5, 5.41) is 7.08. The summed E-state index contributed by atoms with van der Waals surface area (Å²) in [5.74, 6) is 0.745. The number of rotatable bonds is 5. The van der Waals surface area contributed by atoms with E-state index < -0.39 is 17.8 Å². The SMILES string of the molecule is Cc1nn(-c2cc(Oc3ccc(NC(=O)c4ccc(C(F)(F)F)nc4)cc3)ncn2)c(C)c1C. The lowest BCUT2D eigenvalue weighted by atomic mass is 10.2. The fraction of sp³-hybridized carbons (Fsp3) is 0.174. The monoisotopic (exact) mass is 468 g/mol. The highest BCUT2D eigenvalue weighted by atomic mass is 19.4. The van der Waals surface area contributed by atoms with Crippen molar-refractivity contribution in [2.45, 2.75) is 26.9 Å². The smallest absolute Gasteiger partial charge is 0.433 e. The number of hydrogen-bond donors (Lipinski definition) is 1. The Morgan fingerprint density at radius 2 is 1.74 bits per heavy atom. The van der Waals surface area contributed by atoms with E-state index in [4.69, 9.17) is 4.74 Å². The number of anilines is 1. The van der Waals surface area contributed by atoms with Crippen molar-refractivity contribution >= 4 is 11.6 Å². The zero-order valence-corrected chi connectivity index (χ0v) is 18.4. The molecule has 174 valence electrons. The molecule has 34 heavy (non-hydrogen) atoms. The van der Waals surface area contributed by atoms with Crippen LogP contribution in [-0.2, 0) is 6.18 Å². The minimum Gasteiger partial charge on any atom is -0.439 e. The number of ether oxygens (including phenoxy) is 1. The van der Waals surface area contributed by atoms with Gasteiger partial charge in [0.25, 0.3) is 5.91 Å². The Labute approximate surface area is 192 Å². The molecule has 4 rings (SSSR count). The first kappa shape index (κ1) is 22.9. The molecule has 0 aliphatic heterocycles. The maximum absolute atomic E-state index is 12.6. The minimum absolute atomic E-state index is 0.00114. The van der Waals surface area contributed by atoms with E-state index in [2.05, 4.69) is 25.4 Å². The van der Waals surface area contributed by atoms with Gasteiger partial charge in [0.1, 0.15) is 17.8 Å². The quantitative estimate of drug-likeness (QED) is 0.441. The summed E-state index contributed by atoms with van der Waals surface area (Å²) in [7, 11) is 0. The molecular weight excluding hydrogens is 449 g/mol. The number of halogens is 3. The number of pyridine rings is 1. The molecule has 1 aromatic carbocycles. The van der Waals surface area contributed by atoms with Crippen molar-refractivity contribution in [3.63, 3.8) is 0 Å². The Kier molecular flexibility index (Phi) is 6.01. The molecule has 0 unspecified atom stereocenters. The molecule has 0 fully saturated rings. The molecular formula is C23H19F3N6O2. The van der Waals surface area contributed by atoms with Gasteiger partial charge in [0.05, 0.1) is 11.3 Å². The number of benzene rings is 1. The number of hydrogen-bond acceptors (Lipinski definition) is 6. The lowest BCUT2D eigenvalue weighted by molar-refractivity contribution is -0.141. The number of amides is 1. The molecule has 0 aliphatic carbocycles. The summed E-state index contributed by atoms with van der Waals surface area (Å²) in [6.45, 7) is 5.86. The van der Waals surface area contributed by atoms with E-state index in [1.54, 1.807) is 35.0 Å². The topological polar surface area (TPSA) is 94.8 Å². The van der Waals surface area contributed by atoms with Crippen molar-refractivity contribution in [3.8, 4) is 17.4 Å². The van der Waals surface area contributed by atoms with Crippen LogP contribution in [0.15, 0.2) is 55.0 Å². The highest BCUT2D eigenvalue weighted by Gasteiger charge is 2.32. The summed E-state index contributed by atoms with van der Waals surface area (Å²) in [5.41, 5.74) is 2.31. The van der Waals surface area contributed by atoms with Crippen LogP contribution in [0.3, 0.4) is 0 Å². The molecule has 4 aromatic rings. The number of carbonyl (C=O) groups is 1. The predicted molar refractivity (Wildman–Crippen MR) is 117 cm³/mol. The minimum atomic E-state index is -4.57. The van der Waals surface area contributed by atoms with Crippen LogP contribution in [0.4, 0.5) is 18.9 Å². The van der Waals surface area contributed by atoms with Gasteiger partial charge < -0.3 is 10.1 Å². The van der Waals surface area contributed by atoms with Crippen LogP contribution in [0.1, 0.15) is 33.0 Å². The Morgan fingerprint density at radius 1 is 1.00 bits per heavy atom. The van der Waals surface area contributed by atoms with Crippen LogP contribution in [0, 0.1) is 20.8 Å². The second-order valence-electron chi connectivity index (χ2n) is 7.43. The second kappa shape index (κ2) is 8.93. The molecule has 0 bridgehead atoms. The van der Waals surface area contributed by atoms with E-state index >= 15 is 0 Å². The van der Waals surface area contributed by atoms with Gasteiger partial charge >= 0.3 is 6.18 Å². The number of aryl methyl sites for hydroxylation is 1. The number of aromatic nitrogens is 5. The second-order valence-corrected chi connectivity index (χ2v) is 7.43. The lowest BCUT2D eigenvalue weighted by Gasteiger charge is -2.09. The predicted octanol–water partition coefficient (Wildman–Crippen LogP) is 5.05. The zero-order chi connectivity index (χ0) is 24.5.